The van der Waals surface area contributed by atoms with Gasteiger partial charge in [-0.1, -0.05) is 23.7 Å². The third kappa shape index (κ3) is 3.49. The molecule has 2 N–H and O–H groups in total. The van der Waals surface area contributed by atoms with Crippen molar-refractivity contribution in [3.8, 4) is 17.2 Å². The van der Waals surface area contributed by atoms with Crippen LogP contribution in [-0.4, -0.2) is 13.7 Å². The minimum atomic E-state index is 0.564. The van der Waals surface area contributed by atoms with Crippen LogP contribution in [0.25, 0.3) is 0 Å². The molecule has 0 heterocycles. The lowest BCUT2D eigenvalue weighted by molar-refractivity contribution is 0.404. The van der Waals surface area contributed by atoms with Gasteiger partial charge in [0.05, 0.1) is 7.11 Å². The van der Waals surface area contributed by atoms with Crippen molar-refractivity contribution in [2.24, 2.45) is 5.73 Å². The summed E-state index contributed by atoms with van der Waals surface area (Å²) < 4.78 is 11.4. The van der Waals surface area contributed by atoms with Crippen molar-refractivity contribution in [2.45, 2.75) is 20.3 Å². The van der Waals surface area contributed by atoms with Gasteiger partial charge in [-0.2, -0.15) is 0 Å². The quantitative estimate of drug-likeness (QED) is 0.897. The Morgan fingerprint density at radius 2 is 1.81 bits per heavy atom. The minimum Gasteiger partial charge on any atom is -0.496 e. The van der Waals surface area contributed by atoms with E-state index in [1.165, 1.54) is 0 Å². The molecule has 0 aliphatic carbocycles. The molecule has 0 bridgehead atoms. The third-order valence-corrected chi connectivity index (χ3v) is 3.84. The lowest BCUT2D eigenvalue weighted by Crippen LogP contribution is -2.05. The van der Waals surface area contributed by atoms with Crippen LogP contribution in [0, 0.1) is 13.8 Å². The number of benzene rings is 2. The van der Waals surface area contributed by atoms with E-state index in [1.807, 2.05) is 44.2 Å². The maximum absolute atomic E-state index is 6.21. The number of halogens is 1. The monoisotopic (exact) mass is 305 g/mol. The van der Waals surface area contributed by atoms with Crippen LogP contribution in [0.15, 0.2) is 30.3 Å². The molecule has 0 fully saturated rings. The van der Waals surface area contributed by atoms with Gasteiger partial charge in [0.1, 0.15) is 17.2 Å². The average Bonchev–Trinajstić information content (AvgIpc) is 2.46. The van der Waals surface area contributed by atoms with Crippen LogP contribution >= 0.6 is 11.6 Å². The standard InChI is InChI=1S/C17H20ClNO2/c1-11-9-13(7-8-19)17(10-14(11)18)21-16-6-4-5-15(20-3)12(16)2/h4-6,9-10H,7-8,19H2,1-3H3. The number of nitrogens with two attached hydrogens (primary N) is 1. The first-order chi connectivity index (χ1) is 10.1. The zero-order valence-corrected chi connectivity index (χ0v) is 13.3. The summed E-state index contributed by atoms with van der Waals surface area (Å²) in [6.07, 6.45) is 0.746. The highest BCUT2D eigenvalue weighted by Crippen LogP contribution is 2.35. The molecular weight excluding hydrogens is 286 g/mol. The summed E-state index contributed by atoms with van der Waals surface area (Å²) in [4.78, 5) is 0. The Morgan fingerprint density at radius 1 is 1.10 bits per heavy atom. The summed E-state index contributed by atoms with van der Waals surface area (Å²) in [6, 6.07) is 9.60. The molecule has 0 atom stereocenters. The number of hydrogen-bond donors (Lipinski definition) is 1. The molecule has 0 spiro atoms. The normalized spacial score (nSPS) is 10.5. The molecule has 0 unspecified atom stereocenters. The molecule has 0 aliphatic heterocycles. The van der Waals surface area contributed by atoms with E-state index < -0.39 is 0 Å². The molecule has 2 rings (SSSR count). The van der Waals surface area contributed by atoms with E-state index in [0.29, 0.717) is 11.6 Å². The van der Waals surface area contributed by atoms with Crippen LogP contribution in [0.2, 0.25) is 5.02 Å². The maximum atomic E-state index is 6.21. The van der Waals surface area contributed by atoms with Crippen LogP contribution in [0.4, 0.5) is 0 Å². The van der Waals surface area contributed by atoms with Gasteiger partial charge in [-0.3, -0.25) is 0 Å². The van der Waals surface area contributed by atoms with Gasteiger partial charge in [0, 0.05) is 10.6 Å². The lowest BCUT2D eigenvalue weighted by atomic mass is 10.1. The molecule has 0 aromatic heterocycles. The average molecular weight is 306 g/mol. The van der Waals surface area contributed by atoms with Crippen molar-refractivity contribution in [2.75, 3.05) is 13.7 Å². The molecular formula is C17H20ClNO2. The molecule has 0 saturated heterocycles. The van der Waals surface area contributed by atoms with Crippen molar-refractivity contribution >= 4 is 11.6 Å². The molecule has 3 nitrogen and oxygen atoms in total. The van der Waals surface area contributed by atoms with Crippen molar-refractivity contribution in [3.63, 3.8) is 0 Å². The van der Waals surface area contributed by atoms with Gasteiger partial charge < -0.3 is 15.2 Å². The second-order valence-electron chi connectivity index (χ2n) is 4.93. The number of ether oxygens (including phenoxy) is 2. The topological polar surface area (TPSA) is 44.5 Å². The van der Waals surface area contributed by atoms with Gasteiger partial charge in [0.25, 0.3) is 0 Å². The van der Waals surface area contributed by atoms with Crippen LogP contribution in [0.5, 0.6) is 17.2 Å². The Balaban J connectivity index is 2.41. The zero-order valence-electron chi connectivity index (χ0n) is 12.6. The third-order valence-electron chi connectivity index (χ3n) is 3.43. The van der Waals surface area contributed by atoms with Crippen LogP contribution in [0.3, 0.4) is 0 Å². The van der Waals surface area contributed by atoms with Gasteiger partial charge in [-0.25, -0.2) is 0 Å². The van der Waals surface area contributed by atoms with Gasteiger partial charge in [0.2, 0.25) is 0 Å². The van der Waals surface area contributed by atoms with Crippen LogP contribution < -0.4 is 15.2 Å². The van der Waals surface area contributed by atoms with E-state index in [0.717, 1.165) is 40.4 Å². The van der Waals surface area contributed by atoms with Gasteiger partial charge in [-0.05, 0) is 56.1 Å². The Morgan fingerprint density at radius 3 is 2.48 bits per heavy atom. The molecule has 0 radical (unpaired) electrons. The molecule has 112 valence electrons. The fourth-order valence-electron chi connectivity index (χ4n) is 2.21. The second-order valence-corrected chi connectivity index (χ2v) is 5.34. The maximum Gasteiger partial charge on any atom is 0.134 e. The van der Waals surface area contributed by atoms with Gasteiger partial charge >= 0.3 is 0 Å². The SMILES string of the molecule is COc1cccc(Oc2cc(Cl)c(C)cc2CCN)c1C. The summed E-state index contributed by atoms with van der Waals surface area (Å²) in [6.45, 7) is 4.50. The molecule has 0 amide bonds. The predicted octanol–water partition coefficient (Wildman–Crippen LogP) is 4.26. The van der Waals surface area contributed by atoms with Gasteiger partial charge in [0.15, 0.2) is 0 Å². The highest BCUT2D eigenvalue weighted by atomic mass is 35.5. The van der Waals surface area contributed by atoms with Crippen molar-refractivity contribution < 1.29 is 9.47 Å². The first-order valence-electron chi connectivity index (χ1n) is 6.87. The Hall–Kier alpha value is -1.71. The molecule has 2 aromatic carbocycles. The van der Waals surface area contributed by atoms with E-state index >= 15 is 0 Å². The Labute approximate surface area is 130 Å². The number of aryl methyl sites for hydroxylation is 1. The van der Waals surface area contributed by atoms with Crippen LogP contribution in [-0.2, 0) is 6.42 Å². The summed E-state index contributed by atoms with van der Waals surface area (Å²) in [5, 5.41) is 0.686. The van der Waals surface area contributed by atoms with E-state index in [4.69, 9.17) is 26.8 Å². The molecule has 21 heavy (non-hydrogen) atoms. The zero-order chi connectivity index (χ0) is 15.4. The number of rotatable bonds is 5. The van der Waals surface area contributed by atoms with E-state index in [1.54, 1.807) is 7.11 Å². The predicted molar refractivity (Wildman–Crippen MR) is 86.8 cm³/mol. The number of hydrogen-bond acceptors (Lipinski definition) is 3. The fourth-order valence-corrected chi connectivity index (χ4v) is 2.37. The molecule has 2 aromatic rings. The second kappa shape index (κ2) is 6.83. The minimum absolute atomic E-state index is 0.564. The van der Waals surface area contributed by atoms with Crippen molar-refractivity contribution in [1.29, 1.82) is 0 Å². The van der Waals surface area contributed by atoms with Crippen LogP contribution in [0.1, 0.15) is 16.7 Å². The van der Waals surface area contributed by atoms with Crippen molar-refractivity contribution in [1.82, 2.24) is 0 Å². The molecule has 0 saturated carbocycles. The number of methoxy groups -OCH3 is 1. The fraction of sp³-hybridized carbons (Fsp3) is 0.294. The summed E-state index contributed by atoms with van der Waals surface area (Å²) >= 11 is 6.21. The van der Waals surface area contributed by atoms with E-state index in [2.05, 4.69) is 0 Å². The van der Waals surface area contributed by atoms with E-state index in [-0.39, 0.29) is 0 Å². The van der Waals surface area contributed by atoms with Crippen molar-refractivity contribution in [3.05, 3.63) is 52.0 Å². The summed E-state index contributed by atoms with van der Waals surface area (Å²) in [5.74, 6) is 2.30. The summed E-state index contributed by atoms with van der Waals surface area (Å²) in [7, 11) is 1.65. The van der Waals surface area contributed by atoms with Gasteiger partial charge in [-0.15, -0.1) is 0 Å². The highest BCUT2D eigenvalue weighted by Gasteiger charge is 2.11. The molecule has 4 heteroatoms. The summed E-state index contributed by atoms with van der Waals surface area (Å²) in [5.41, 5.74) is 8.71. The highest BCUT2D eigenvalue weighted by molar-refractivity contribution is 6.31. The Bertz CT molecular complexity index is 641. The first-order valence-corrected chi connectivity index (χ1v) is 7.25. The van der Waals surface area contributed by atoms with E-state index in [9.17, 15) is 0 Å². The first kappa shape index (κ1) is 15.7. The Kier molecular flexibility index (Phi) is 5.10. The molecule has 0 aliphatic rings. The lowest BCUT2D eigenvalue weighted by Gasteiger charge is -2.15. The largest absolute Gasteiger partial charge is 0.496 e. The smallest absolute Gasteiger partial charge is 0.134 e.